The zero-order valence-electron chi connectivity index (χ0n) is 10.3. The number of nitrogens with two attached hydrogens (primary N) is 1. The Kier molecular flexibility index (Phi) is 3.95. The van der Waals surface area contributed by atoms with Gasteiger partial charge < -0.3 is 5.73 Å². The van der Waals surface area contributed by atoms with Gasteiger partial charge in [-0.05, 0) is 43.3 Å². The highest BCUT2D eigenvalue weighted by Crippen LogP contribution is 2.47. The highest BCUT2D eigenvalue weighted by molar-refractivity contribution is 6.68. The molecule has 100 valence electrons. The zero-order valence-corrected chi connectivity index (χ0v) is 12.5. The molecule has 0 radical (unpaired) electrons. The number of alkyl halides is 3. The average Bonchev–Trinajstić information content (AvgIpc) is 2.34. The van der Waals surface area contributed by atoms with Crippen LogP contribution in [0.15, 0.2) is 53.6 Å². The second-order valence-electron chi connectivity index (χ2n) is 4.58. The quantitative estimate of drug-likeness (QED) is 0.584. The van der Waals surface area contributed by atoms with Crippen LogP contribution >= 0.6 is 34.8 Å². The second kappa shape index (κ2) is 5.20. The van der Waals surface area contributed by atoms with E-state index in [0.29, 0.717) is 5.69 Å². The minimum Gasteiger partial charge on any atom is -0.399 e. The van der Waals surface area contributed by atoms with Gasteiger partial charge in [-0.15, -0.1) is 0 Å². The van der Waals surface area contributed by atoms with Crippen LogP contribution in [-0.2, 0) is 0 Å². The fourth-order valence-corrected chi connectivity index (χ4v) is 1.97. The van der Waals surface area contributed by atoms with E-state index in [0.717, 1.165) is 11.4 Å². The highest BCUT2D eigenvalue weighted by atomic mass is 35.6. The molecule has 0 heterocycles. The average molecular weight is 316 g/mol. The molecule has 0 aliphatic heterocycles. The van der Waals surface area contributed by atoms with Crippen LogP contribution in [0.2, 0.25) is 0 Å². The van der Waals surface area contributed by atoms with Gasteiger partial charge in [-0.3, -0.25) is 0 Å². The van der Waals surface area contributed by atoms with E-state index in [4.69, 9.17) is 40.5 Å². The maximum atomic E-state index is 5.95. The molecule has 0 fully saturated rings. The maximum Gasteiger partial charge on any atom is 0.202 e. The largest absolute Gasteiger partial charge is 0.399 e. The predicted molar refractivity (Wildman–Crippen MR) is 84.6 cm³/mol. The third-order valence-corrected chi connectivity index (χ3v) is 4.18. The van der Waals surface area contributed by atoms with Gasteiger partial charge in [-0.2, -0.15) is 0 Å². The molecule has 19 heavy (non-hydrogen) atoms. The molecule has 0 amide bonds. The standard InChI is InChI=1S/C14H13Cl3N2/c1-13(14(15,16)17)8-6-12(7-9-13)19-11-4-2-10(18)3-5-11/h2-9H,18H2,1H3. The Hall–Kier alpha value is -0.960. The van der Waals surface area contributed by atoms with Gasteiger partial charge in [0.05, 0.1) is 16.8 Å². The van der Waals surface area contributed by atoms with Crippen LogP contribution in [0.25, 0.3) is 0 Å². The second-order valence-corrected chi connectivity index (χ2v) is 6.86. The number of aliphatic imine (C=N–C) groups is 1. The smallest absolute Gasteiger partial charge is 0.202 e. The number of halogens is 3. The zero-order chi connectivity index (χ0) is 14.1. The molecule has 2 rings (SSSR count). The summed E-state index contributed by atoms with van der Waals surface area (Å²) in [6.45, 7) is 1.85. The van der Waals surface area contributed by atoms with Crippen molar-refractivity contribution in [3.8, 4) is 0 Å². The Morgan fingerprint density at radius 3 is 2.05 bits per heavy atom. The van der Waals surface area contributed by atoms with E-state index < -0.39 is 9.21 Å². The molecule has 2 nitrogen and oxygen atoms in total. The minimum atomic E-state index is -1.38. The van der Waals surface area contributed by atoms with E-state index in [9.17, 15) is 0 Å². The summed E-state index contributed by atoms with van der Waals surface area (Å²) in [5.74, 6) is 0. The van der Waals surface area contributed by atoms with Crippen molar-refractivity contribution < 1.29 is 0 Å². The molecule has 1 aliphatic carbocycles. The molecule has 0 aromatic heterocycles. The van der Waals surface area contributed by atoms with Crippen molar-refractivity contribution in [3.05, 3.63) is 48.6 Å². The SMILES string of the molecule is CC1(C(Cl)(Cl)Cl)C=CC(=Nc2ccc(N)cc2)C=C1. The lowest BCUT2D eigenvalue weighted by Crippen LogP contribution is -2.29. The van der Waals surface area contributed by atoms with Crippen LogP contribution in [0, 0.1) is 5.41 Å². The van der Waals surface area contributed by atoms with Crippen LogP contribution in [0.3, 0.4) is 0 Å². The van der Waals surface area contributed by atoms with Crippen molar-refractivity contribution in [2.75, 3.05) is 5.73 Å². The van der Waals surface area contributed by atoms with Crippen molar-refractivity contribution in [2.24, 2.45) is 10.4 Å². The van der Waals surface area contributed by atoms with E-state index in [1.807, 2.05) is 43.4 Å². The first-order valence-corrected chi connectivity index (χ1v) is 6.83. The van der Waals surface area contributed by atoms with E-state index >= 15 is 0 Å². The Morgan fingerprint density at radius 1 is 1.05 bits per heavy atom. The lowest BCUT2D eigenvalue weighted by Gasteiger charge is -2.31. The number of nitrogens with zero attached hydrogens (tertiary/aromatic N) is 1. The molecule has 0 unspecified atom stereocenters. The predicted octanol–water partition coefficient (Wildman–Crippen LogP) is 4.84. The fourth-order valence-electron chi connectivity index (χ4n) is 1.59. The summed E-state index contributed by atoms with van der Waals surface area (Å²) in [7, 11) is 0. The molecule has 5 heteroatoms. The number of rotatable bonds is 1. The fraction of sp³-hybridized carbons (Fsp3) is 0.214. The van der Waals surface area contributed by atoms with Gasteiger partial charge in [0.2, 0.25) is 3.79 Å². The molecule has 0 saturated heterocycles. The Morgan fingerprint density at radius 2 is 1.58 bits per heavy atom. The summed E-state index contributed by atoms with van der Waals surface area (Å²) in [5, 5.41) is 0. The molecular weight excluding hydrogens is 303 g/mol. The monoisotopic (exact) mass is 314 g/mol. The summed E-state index contributed by atoms with van der Waals surface area (Å²) >= 11 is 17.9. The topological polar surface area (TPSA) is 38.4 Å². The normalized spacial score (nSPS) is 22.6. The molecule has 1 aromatic rings. The van der Waals surface area contributed by atoms with Crippen molar-refractivity contribution in [3.63, 3.8) is 0 Å². The first-order chi connectivity index (χ1) is 8.80. The summed E-state index contributed by atoms with van der Waals surface area (Å²) in [5.41, 5.74) is 7.34. The van der Waals surface area contributed by atoms with Gasteiger partial charge in [0.25, 0.3) is 0 Å². The Labute approximate surface area is 127 Å². The van der Waals surface area contributed by atoms with Crippen molar-refractivity contribution in [1.29, 1.82) is 0 Å². The van der Waals surface area contributed by atoms with Gasteiger partial charge in [-0.25, -0.2) is 4.99 Å². The van der Waals surface area contributed by atoms with Crippen molar-refractivity contribution >= 4 is 51.9 Å². The Balaban J connectivity index is 2.22. The Bertz CT molecular complexity index is 535. The van der Waals surface area contributed by atoms with Crippen LogP contribution in [-0.4, -0.2) is 9.50 Å². The van der Waals surface area contributed by atoms with Crippen LogP contribution < -0.4 is 5.73 Å². The summed E-state index contributed by atoms with van der Waals surface area (Å²) in [6, 6.07) is 7.32. The van der Waals surface area contributed by atoms with Crippen LogP contribution in [0.5, 0.6) is 0 Å². The molecule has 1 aliphatic rings. The number of hydrogen-bond acceptors (Lipinski definition) is 2. The summed E-state index contributed by atoms with van der Waals surface area (Å²) in [4.78, 5) is 4.47. The minimum absolute atomic E-state index is 0.627. The van der Waals surface area contributed by atoms with Gasteiger partial charge in [0.15, 0.2) is 0 Å². The van der Waals surface area contributed by atoms with Crippen molar-refractivity contribution in [2.45, 2.75) is 10.7 Å². The maximum absolute atomic E-state index is 5.95. The third kappa shape index (κ3) is 3.33. The third-order valence-electron chi connectivity index (χ3n) is 2.96. The van der Waals surface area contributed by atoms with E-state index in [1.165, 1.54) is 0 Å². The first kappa shape index (κ1) is 14.4. The van der Waals surface area contributed by atoms with E-state index in [1.54, 1.807) is 12.1 Å². The summed E-state index contributed by atoms with van der Waals surface area (Å²) in [6.07, 6.45) is 7.38. The van der Waals surface area contributed by atoms with Crippen LogP contribution in [0.4, 0.5) is 11.4 Å². The van der Waals surface area contributed by atoms with E-state index in [2.05, 4.69) is 4.99 Å². The van der Waals surface area contributed by atoms with Gasteiger partial charge in [0.1, 0.15) is 0 Å². The van der Waals surface area contributed by atoms with Gasteiger partial charge in [-0.1, -0.05) is 47.0 Å². The lowest BCUT2D eigenvalue weighted by atomic mass is 9.87. The number of benzene rings is 1. The number of hydrogen-bond donors (Lipinski definition) is 1. The number of allylic oxidation sites excluding steroid dienone is 4. The molecule has 1 aromatic carbocycles. The lowest BCUT2D eigenvalue weighted by molar-refractivity contribution is 0.565. The van der Waals surface area contributed by atoms with Crippen LogP contribution in [0.1, 0.15) is 6.92 Å². The first-order valence-electron chi connectivity index (χ1n) is 5.70. The highest BCUT2D eigenvalue weighted by Gasteiger charge is 2.41. The molecule has 0 atom stereocenters. The number of anilines is 1. The molecular formula is C14H13Cl3N2. The molecule has 0 spiro atoms. The number of nitrogen functional groups attached to an aromatic ring is 1. The molecule has 2 N–H and O–H groups in total. The van der Waals surface area contributed by atoms with E-state index in [-0.39, 0.29) is 0 Å². The van der Waals surface area contributed by atoms with Gasteiger partial charge >= 0.3 is 0 Å². The van der Waals surface area contributed by atoms with Gasteiger partial charge in [0, 0.05) is 5.69 Å². The van der Waals surface area contributed by atoms with Crippen molar-refractivity contribution in [1.82, 2.24) is 0 Å². The molecule has 0 bridgehead atoms. The summed E-state index contributed by atoms with van der Waals surface area (Å²) < 4.78 is -1.38. The molecule has 0 saturated carbocycles.